The second kappa shape index (κ2) is 7.31. The zero-order valence-electron chi connectivity index (χ0n) is 13.5. The van der Waals surface area contributed by atoms with E-state index in [9.17, 15) is 14.4 Å². The lowest BCUT2D eigenvalue weighted by atomic mass is 10.1. The fraction of sp³-hybridized carbons (Fsp3) is 0.0556. The Morgan fingerprint density at radius 3 is 2.58 bits per heavy atom. The molecule has 26 heavy (non-hydrogen) atoms. The first kappa shape index (κ1) is 18.2. The summed E-state index contributed by atoms with van der Waals surface area (Å²) in [5.74, 6) is -0.984. The number of imide groups is 2. The van der Waals surface area contributed by atoms with E-state index in [0.29, 0.717) is 15.8 Å². The first-order valence-electron chi connectivity index (χ1n) is 7.41. The quantitative estimate of drug-likeness (QED) is 0.588. The summed E-state index contributed by atoms with van der Waals surface area (Å²) >= 11 is 9.43. The molecule has 2 aromatic carbocycles. The second-order valence-corrected chi connectivity index (χ2v) is 6.66. The normalized spacial score (nSPS) is 16.0. The number of barbiturate groups is 1. The van der Waals surface area contributed by atoms with Gasteiger partial charge in [-0.05, 0) is 42.0 Å². The van der Waals surface area contributed by atoms with Crippen molar-refractivity contribution in [3.05, 3.63) is 63.1 Å². The fourth-order valence-electron chi connectivity index (χ4n) is 2.46. The molecule has 1 aliphatic rings. The number of ether oxygens (including phenoxy) is 1. The van der Waals surface area contributed by atoms with Crippen LogP contribution in [0.25, 0.3) is 6.08 Å². The number of carbonyl (C=O) groups excluding carboxylic acids is 3. The van der Waals surface area contributed by atoms with Gasteiger partial charge in [-0.25, -0.2) is 9.69 Å². The molecule has 6 nitrogen and oxygen atoms in total. The summed E-state index contributed by atoms with van der Waals surface area (Å²) in [5.41, 5.74) is 0.565. The molecule has 1 aliphatic heterocycles. The minimum atomic E-state index is -0.850. The van der Waals surface area contributed by atoms with Crippen LogP contribution in [0.3, 0.4) is 0 Å². The maximum absolute atomic E-state index is 12.8. The van der Waals surface area contributed by atoms with E-state index >= 15 is 0 Å². The molecule has 3 rings (SSSR count). The molecule has 2 aromatic rings. The van der Waals surface area contributed by atoms with E-state index in [1.165, 1.54) is 19.3 Å². The number of nitrogens with zero attached hydrogens (tertiary/aromatic N) is 1. The van der Waals surface area contributed by atoms with E-state index in [1.54, 1.807) is 36.4 Å². The van der Waals surface area contributed by atoms with Crippen molar-refractivity contribution in [2.24, 2.45) is 0 Å². The van der Waals surface area contributed by atoms with Crippen LogP contribution in [0.5, 0.6) is 5.75 Å². The van der Waals surface area contributed by atoms with E-state index in [1.807, 2.05) is 0 Å². The van der Waals surface area contributed by atoms with Crippen LogP contribution in [-0.2, 0) is 9.59 Å². The van der Waals surface area contributed by atoms with E-state index in [-0.39, 0.29) is 16.3 Å². The van der Waals surface area contributed by atoms with Crippen molar-refractivity contribution < 1.29 is 19.1 Å². The largest absolute Gasteiger partial charge is 0.497 e. The fourth-order valence-corrected chi connectivity index (χ4v) is 3.17. The van der Waals surface area contributed by atoms with Crippen molar-refractivity contribution in [2.75, 3.05) is 12.0 Å². The number of hydrogen-bond acceptors (Lipinski definition) is 4. The van der Waals surface area contributed by atoms with Crippen LogP contribution in [0.15, 0.2) is 52.5 Å². The van der Waals surface area contributed by atoms with E-state index in [4.69, 9.17) is 16.3 Å². The molecule has 0 bridgehead atoms. The predicted molar refractivity (Wildman–Crippen MR) is 101 cm³/mol. The highest BCUT2D eigenvalue weighted by atomic mass is 79.9. The number of urea groups is 1. The number of benzene rings is 2. The molecule has 132 valence electrons. The number of para-hydroxylation sites is 1. The minimum absolute atomic E-state index is 0.190. The lowest BCUT2D eigenvalue weighted by Gasteiger charge is -2.27. The average molecular weight is 436 g/mol. The molecule has 0 unspecified atom stereocenters. The Labute approximate surface area is 162 Å². The Morgan fingerprint density at radius 1 is 1.15 bits per heavy atom. The summed E-state index contributed by atoms with van der Waals surface area (Å²) in [4.78, 5) is 38.0. The molecule has 1 heterocycles. The lowest BCUT2D eigenvalue weighted by Crippen LogP contribution is -2.54. The highest BCUT2D eigenvalue weighted by Gasteiger charge is 2.37. The summed E-state index contributed by atoms with van der Waals surface area (Å²) in [7, 11) is 1.51. The van der Waals surface area contributed by atoms with E-state index < -0.39 is 17.8 Å². The molecule has 1 N–H and O–H groups in total. The van der Waals surface area contributed by atoms with Gasteiger partial charge < -0.3 is 4.74 Å². The third-order valence-electron chi connectivity index (χ3n) is 3.64. The van der Waals surface area contributed by atoms with Gasteiger partial charge in [0.1, 0.15) is 11.3 Å². The lowest BCUT2D eigenvalue weighted by molar-refractivity contribution is -0.122. The highest BCUT2D eigenvalue weighted by molar-refractivity contribution is 9.10. The molecule has 0 spiro atoms. The zero-order valence-corrected chi connectivity index (χ0v) is 15.8. The third-order valence-corrected chi connectivity index (χ3v) is 4.41. The molecule has 0 saturated carbocycles. The van der Waals surface area contributed by atoms with Crippen LogP contribution in [0.4, 0.5) is 10.5 Å². The standard InChI is InChI=1S/C18H12BrClN2O4/c1-26-12-7-10(6-11(19)9-12)8-13-16(23)21-18(25)22(17(13)24)15-5-3-2-4-14(15)20/h2-9H,1H3,(H,21,23,25)/b13-8+. The van der Waals surface area contributed by atoms with Crippen LogP contribution in [-0.4, -0.2) is 25.0 Å². The maximum Gasteiger partial charge on any atom is 0.335 e. The summed E-state index contributed by atoms with van der Waals surface area (Å²) in [6.45, 7) is 0. The molecule has 4 amide bonds. The Kier molecular flexibility index (Phi) is 5.11. The zero-order chi connectivity index (χ0) is 18.8. The summed E-state index contributed by atoms with van der Waals surface area (Å²) < 4.78 is 5.89. The number of carbonyl (C=O) groups is 3. The van der Waals surface area contributed by atoms with Gasteiger partial charge in [-0.3, -0.25) is 14.9 Å². The van der Waals surface area contributed by atoms with Crippen molar-refractivity contribution >= 4 is 57.1 Å². The average Bonchev–Trinajstić information content (AvgIpc) is 2.59. The van der Waals surface area contributed by atoms with Crippen LogP contribution in [0.1, 0.15) is 5.56 Å². The topological polar surface area (TPSA) is 75.7 Å². The number of nitrogens with one attached hydrogen (secondary N) is 1. The Balaban J connectivity index is 2.06. The summed E-state index contributed by atoms with van der Waals surface area (Å²) in [6.07, 6.45) is 1.39. The molecule has 0 aliphatic carbocycles. The van der Waals surface area contributed by atoms with Crippen molar-refractivity contribution in [3.8, 4) is 5.75 Å². The van der Waals surface area contributed by atoms with Crippen LogP contribution >= 0.6 is 27.5 Å². The van der Waals surface area contributed by atoms with Gasteiger partial charge in [0.2, 0.25) is 0 Å². The molecular weight excluding hydrogens is 424 g/mol. The first-order chi connectivity index (χ1) is 12.4. The molecule has 8 heteroatoms. The second-order valence-electron chi connectivity index (χ2n) is 5.33. The van der Waals surface area contributed by atoms with Crippen LogP contribution in [0.2, 0.25) is 5.02 Å². The number of hydrogen-bond donors (Lipinski definition) is 1. The van der Waals surface area contributed by atoms with Crippen molar-refractivity contribution in [1.82, 2.24) is 5.32 Å². The molecule has 1 saturated heterocycles. The summed E-state index contributed by atoms with van der Waals surface area (Å²) in [6, 6.07) is 10.7. The smallest absolute Gasteiger partial charge is 0.335 e. The van der Waals surface area contributed by atoms with Crippen LogP contribution < -0.4 is 15.0 Å². The molecule has 1 fully saturated rings. The van der Waals surface area contributed by atoms with Gasteiger partial charge in [0, 0.05) is 4.47 Å². The van der Waals surface area contributed by atoms with E-state index in [2.05, 4.69) is 21.2 Å². The molecule has 0 atom stereocenters. The van der Waals surface area contributed by atoms with Crippen molar-refractivity contribution in [3.63, 3.8) is 0 Å². The van der Waals surface area contributed by atoms with Gasteiger partial charge in [0.05, 0.1) is 17.8 Å². The van der Waals surface area contributed by atoms with Gasteiger partial charge in [-0.1, -0.05) is 39.7 Å². The van der Waals surface area contributed by atoms with E-state index in [0.717, 1.165) is 4.90 Å². The van der Waals surface area contributed by atoms with Crippen LogP contribution in [0, 0.1) is 0 Å². The monoisotopic (exact) mass is 434 g/mol. The molecular formula is C18H12BrClN2O4. The number of rotatable bonds is 3. The van der Waals surface area contributed by atoms with Gasteiger partial charge in [-0.15, -0.1) is 0 Å². The highest BCUT2D eigenvalue weighted by Crippen LogP contribution is 2.29. The number of anilines is 1. The number of amides is 4. The Hall–Kier alpha value is -2.64. The third kappa shape index (κ3) is 3.49. The van der Waals surface area contributed by atoms with Gasteiger partial charge in [0.25, 0.3) is 11.8 Å². The number of halogens is 2. The molecule has 0 radical (unpaired) electrons. The predicted octanol–water partition coefficient (Wildman–Crippen LogP) is 3.78. The van der Waals surface area contributed by atoms with Gasteiger partial charge in [0.15, 0.2) is 0 Å². The van der Waals surface area contributed by atoms with Gasteiger partial charge in [-0.2, -0.15) is 0 Å². The SMILES string of the molecule is COc1cc(Br)cc(/C=C2\C(=O)NC(=O)N(c3ccccc3Cl)C2=O)c1. The minimum Gasteiger partial charge on any atom is -0.497 e. The van der Waals surface area contributed by atoms with Gasteiger partial charge >= 0.3 is 6.03 Å². The van der Waals surface area contributed by atoms with Crippen molar-refractivity contribution in [2.45, 2.75) is 0 Å². The van der Waals surface area contributed by atoms with Crippen molar-refractivity contribution in [1.29, 1.82) is 0 Å². The molecule has 0 aromatic heterocycles. The first-order valence-corrected chi connectivity index (χ1v) is 8.58. The Bertz CT molecular complexity index is 958. The Morgan fingerprint density at radius 2 is 1.88 bits per heavy atom. The summed E-state index contributed by atoms with van der Waals surface area (Å²) in [5, 5.41) is 2.37. The number of methoxy groups -OCH3 is 1. The maximum atomic E-state index is 12.8.